The van der Waals surface area contributed by atoms with E-state index in [1.165, 1.54) is 19.3 Å². The van der Waals surface area contributed by atoms with Gasteiger partial charge in [0, 0.05) is 10.0 Å². The monoisotopic (exact) mass is 430 g/mol. The predicted octanol–water partition coefficient (Wildman–Crippen LogP) is 4.16. The number of carbonyl (C=O) groups excluding carboxylic acids is 2. The van der Waals surface area contributed by atoms with Gasteiger partial charge in [0.05, 0.1) is 18.1 Å². The zero-order chi connectivity index (χ0) is 19.1. The standard InChI is InChI=1S/C21H23BrN2O3/c22-21-8-15-4-16(9-21)7-20(6-15,13-21)10-19(26)27-12-18(25)24-17-3-1-2-14(5-17)11-23/h1-3,5,15-16H,4,6-10,12-13H2,(H,24,25). The van der Waals surface area contributed by atoms with Crippen molar-refractivity contribution < 1.29 is 14.3 Å². The number of amides is 1. The Bertz CT molecular complexity index is 802. The molecule has 5 rings (SSSR count). The lowest BCUT2D eigenvalue weighted by Gasteiger charge is -2.60. The van der Waals surface area contributed by atoms with Crippen LogP contribution in [0.5, 0.6) is 0 Å². The number of rotatable bonds is 5. The Morgan fingerprint density at radius 2 is 2.00 bits per heavy atom. The number of nitrogens with one attached hydrogen (secondary N) is 1. The highest BCUT2D eigenvalue weighted by atomic mass is 79.9. The van der Waals surface area contributed by atoms with Crippen LogP contribution in [0.15, 0.2) is 24.3 Å². The fourth-order valence-corrected chi connectivity index (χ4v) is 7.42. The summed E-state index contributed by atoms with van der Waals surface area (Å²) in [7, 11) is 0. The first-order valence-electron chi connectivity index (χ1n) is 9.52. The van der Waals surface area contributed by atoms with Crippen LogP contribution in [-0.4, -0.2) is 22.8 Å². The number of ether oxygens (including phenoxy) is 1. The maximum Gasteiger partial charge on any atom is 0.306 e. The molecule has 0 radical (unpaired) electrons. The molecule has 1 aromatic carbocycles. The van der Waals surface area contributed by atoms with E-state index < -0.39 is 0 Å². The number of alkyl halides is 1. The maximum absolute atomic E-state index is 12.4. The van der Waals surface area contributed by atoms with Crippen LogP contribution >= 0.6 is 15.9 Å². The normalized spacial score (nSPS) is 33.3. The highest BCUT2D eigenvalue weighted by Crippen LogP contribution is 2.65. The Morgan fingerprint density at radius 3 is 2.67 bits per heavy atom. The Hall–Kier alpha value is -1.87. The van der Waals surface area contributed by atoms with Gasteiger partial charge in [0.2, 0.25) is 0 Å². The number of anilines is 1. The van der Waals surface area contributed by atoms with Gasteiger partial charge in [0.15, 0.2) is 6.61 Å². The van der Waals surface area contributed by atoms with Gasteiger partial charge in [-0.2, -0.15) is 5.26 Å². The summed E-state index contributed by atoms with van der Waals surface area (Å²) < 4.78 is 5.48. The topological polar surface area (TPSA) is 79.2 Å². The SMILES string of the molecule is N#Cc1cccc(NC(=O)COC(=O)CC23CC4CC(CC(Br)(C4)C2)C3)c1. The van der Waals surface area contributed by atoms with Crippen LogP contribution in [0.2, 0.25) is 0 Å². The van der Waals surface area contributed by atoms with E-state index in [9.17, 15) is 9.59 Å². The van der Waals surface area contributed by atoms with Gasteiger partial charge < -0.3 is 10.1 Å². The summed E-state index contributed by atoms with van der Waals surface area (Å²) in [5.74, 6) is 0.762. The average molecular weight is 431 g/mol. The van der Waals surface area contributed by atoms with E-state index in [1.807, 2.05) is 6.07 Å². The van der Waals surface area contributed by atoms with Gasteiger partial charge in [-0.15, -0.1) is 0 Å². The van der Waals surface area contributed by atoms with Crippen molar-refractivity contribution >= 4 is 33.5 Å². The fraction of sp³-hybridized carbons (Fsp3) is 0.571. The summed E-state index contributed by atoms with van der Waals surface area (Å²) >= 11 is 3.95. The minimum atomic E-state index is -0.388. The van der Waals surface area contributed by atoms with Gasteiger partial charge in [-0.25, -0.2) is 0 Å². The van der Waals surface area contributed by atoms with Crippen LogP contribution in [-0.2, 0) is 14.3 Å². The highest BCUT2D eigenvalue weighted by molar-refractivity contribution is 9.10. The van der Waals surface area contributed by atoms with Crippen molar-refractivity contribution in [1.82, 2.24) is 0 Å². The lowest BCUT2D eigenvalue weighted by molar-refractivity contribution is -0.153. The van der Waals surface area contributed by atoms with E-state index in [0.717, 1.165) is 19.3 Å². The van der Waals surface area contributed by atoms with Crippen molar-refractivity contribution in [1.29, 1.82) is 5.26 Å². The number of hydrogen-bond donors (Lipinski definition) is 1. The van der Waals surface area contributed by atoms with Gasteiger partial charge in [-0.1, -0.05) is 22.0 Å². The molecule has 1 N–H and O–H groups in total. The molecule has 0 heterocycles. The molecule has 4 saturated carbocycles. The number of hydrogen-bond acceptors (Lipinski definition) is 4. The summed E-state index contributed by atoms with van der Waals surface area (Å²) in [5.41, 5.74) is 1.04. The van der Waals surface area contributed by atoms with E-state index in [1.54, 1.807) is 24.3 Å². The lowest BCUT2D eigenvalue weighted by Crippen LogP contribution is -2.53. The van der Waals surface area contributed by atoms with Gasteiger partial charge in [-0.05, 0) is 74.0 Å². The Kier molecular flexibility index (Phi) is 4.75. The smallest absolute Gasteiger partial charge is 0.306 e. The number of benzene rings is 1. The van der Waals surface area contributed by atoms with Gasteiger partial charge in [0.25, 0.3) is 5.91 Å². The Balaban J connectivity index is 1.30. The average Bonchev–Trinajstić information content (AvgIpc) is 2.57. The Labute approximate surface area is 167 Å². The fourth-order valence-electron chi connectivity index (χ4n) is 5.91. The van der Waals surface area contributed by atoms with Crippen LogP contribution in [0.25, 0.3) is 0 Å². The largest absolute Gasteiger partial charge is 0.456 e. The van der Waals surface area contributed by atoms with Gasteiger partial charge >= 0.3 is 5.97 Å². The van der Waals surface area contributed by atoms with E-state index in [0.29, 0.717) is 29.5 Å². The van der Waals surface area contributed by atoms with E-state index >= 15 is 0 Å². The molecule has 2 atom stereocenters. The summed E-state index contributed by atoms with van der Waals surface area (Å²) in [5, 5.41) is 11.6. The molecule has 0 saturated heterocycles. The third-order valence-corrected chi connectivity index (χ3v) is 7.20. The van der Waals surface area contributed by atoms with Crippen LogP contribution in [0.3, 0.4) is 0 Å². The molecule has 27 heavy (non-hydrogen) atoms. The third-order valence-electron chi connectivity index (χ3n) is 6.27. The van der Waals surface area contributed by atoms with Gasteiger partial charge in [0.1, 0.15) is 0 Å². The molecule has 5 nitrogen and oxygen atoms in total. The molecule has 4 bridgehead atoms. The molecule has 2 unspecified atom stereocenters. The van der Waals surface area contributed by atoms with Crippen LogP contribution in [0.4, 0.5) is 5.69 Å². The molecule has 0 aromatic heterocycles. The lowest BCUT2D eigenvalue weighted by atomic mass is 9.49. The summed E-state index contributed by atoms with van der Waals surface area (Å²) in [4.78, 5) is 24.5. The van der Waals surface area contributed by atoms with Crippen molar-refractivity contribution in [2.75, 3.05) is 11.9 Å². The van der Waals surface area contributed by atoms with Crippen LogP contribution in [0, 0.1) is 28.6 Å². The molecule has 6 heteroatoms. The second-order valence-corrected chi connectivity index (χ2v) is 10.4. The minimum absolute atomic E-state index is 0.0439. The van der Waals surface area contributed by atoms with E-state index in [2.05, 4.69) is 21.2 Å². The number of nitriles is 1. The predicted molar refractivity (Wildman–Crippen MR) is 104 cm³/mol. The highest BCUT2D eigenvalue weighted by Gasteiger charge is 2.57. The van der Waals surface area contributed by atoms with Crippen LogP contribution < -0.4 is 5.32 Å². The minimum Gasteiger partial charge on any atom is -0.456 e. The van der Waals surface area contributed by atoms with Crippen molar-refractivity contribution in [3.8, 4) is 6.07 Å². The maximum atomic E-state index is 12.4. The molecule has 4 fully saturated rings. The number of halogens is 1. The van der Waals surface area contributed by atoms with E-state index in [4.69, 9.17) is 10.00 Å². The second-order valence-electron chi connectivity index (χ2n) is 8.69. The quantitative estimate of drug-likeness (QED) is 0.561. The molecular formula is C21H23BrN2O3. The third kappa shape index (κ3) is 4.03. The molecule has 1 aromatic rings. The van der Waals surface area contributed by atoms with Crippen molar-refractivity contribution in [2.24, 2.45) is 17.3 Å². The molecule has 0 aliphatic heterocycles. The van der Waals surface area contributed by atoms with Crippen LogP contribution in [0.1, 0.15) is 50.5 Å². The van der Waals surface area contributed by atoms with Crippen molar-refractivity contribution in [2.45, 2.75) is 49.3 Å². The second kappa shape index (κ2) is 6.94. The number of carbonyl (C=O) groups is 2. The van der Waals surface area contributed by atoms with Crippen molar-refractivity contribution in [3.05, 3.63) is 29.8 Å². The molecule has 0 spiro atoms. The number of nitrogens with zero attached hydrogens (tertiary/aromatic N) is 1. The molecule has 4 aliphatic rings. The summed E-state index contributed by atoms with van der Waals surface area (Å²) in [6, 6.07) is 8.68. The molecule has 4 aliphatic carbocycles. The zero-order valence-corrected chi connectivity index (χ0v) is 16.8. The summed E-state index contributed by atoms with van der Waals surface area (Å²) in [6.45, 7) is -0.294. The molecular weight excluding hydrogens is 408 g/mol. The number of esters is 1. The van der Waals surface area contributed by atoms with E-state index in [-0.39, 0.29) is 28.2 Å². The molecule has 142 valence electrons. The zero-order valence-electron chi connectivity index (χ0n) is 15.2. The molecule has 1 amide bonds. The first-order valence-corrected chi connectivity index (χ1v) is 10.3. The Morgan fingerprint density at radius 1 is 1.26 bits per heavy atom. The first kappa shape index (κ1) is 18.5. The van der Waals surface area contributed by atoms with Crippen molar-refractivity contribution in [3.63, 3.8) is 0 Å². The van der Waals surface area contributed by atoms with Gasteiger partial charge in [-0.3, -0.25) is 9.59 Å². The first-order chi connectivity index (χ1) is 12.9. The summed E-state index contributed by atoms with van der Waals surface area (Å²) in [6.07, 6.45) is 7.42.